The lowest BCUT2D eigenvalue weighted by molar-refractivity contribution is -0.121. The predicted octanol–water partition coefficient (Wildman–Crippen LogP) is 3.44. The van der Waals surface area contributed by atoms with Crippen LogP contribution >= 0.6 is 0 Å². The molecule has 2 amide bonds. The van der Waals surface area contributed by atoms with E-state index >= 15 is 0 Å². The van der Waals surface area contributed by atoms with Gasteiger partial charge in [0.25, 0.3) is 0 Å². The molecule has 7 nitrogen and oxygen atoms in total. The van der Waals surface area contributed by atoms with Gasteiger partial charge in [-0.25, -0.2) is 5.43 Å². The lowest BCUT2D eigenvalue weighted by Crippen LogP contribution is -2.17. The van der Waals surface area contributed by atoms with Crippen molar-refractivity contribution in [2.45, 2.75) is 32.1 Å². The number of benzene rings is 2. The average molecular weight is 407 g/mol. The first-order valence-electron chi connectivity index (χ1n) is 9.64. The highest BCUT2D eigenvalue weighted by atomic mass is 16.5. The van der Waals surface area contributed by atoms with Crippen molar-refractivity contribution < 1.29 is 19.4 Å². The van der Waals surface area contributed by atoms with Crippen molar-refractivity contribution in [1.82, 2.24) is 5.43 Å². The summed E-state index contributed by atoms with van der Waals surface area (Å²) in [5, 5.41) is 16.2. The number of anilines is 1. The summed E-state index contributed by atoms with van der Waals surface area (Å²) in [5.74, 6) is 2.76. The van der Waals surface area contributed by atoms with Gasteiger partial charge in [0.2, 0.25) is 11.8 Å². The van der Waals surface area contributed by atoms with Crippen LogP contribution in [0.25, 0.3) is 0 Å². The smallest absolute Gasteiger partial charge is 0.240 e. The van der Waals surface area contributed by atoms with Crippen LogP contribution in [-0.2, 0) is 9.59 Å². The summed E-state index contributed by atoms with van der Waals surface area (Å²) in [7, 11) is 0. The molecule has 0 radical (unpaired) electrons. The minimum Gasteiger partial charge on any atom is -0.506 e. The zero-order valence-electron chi connectivity index (χ0n) is 16.6. The number of aromatic hydroxyl groups is 1. The van der Waals surface area contributed by atoms with Crippen molar-refractivity contribution in [3.05, 3.63) is 54.1 Å². The average Bonchev–Trinajstić information content (AvgIpc) is 2.74. The second-order valence-corrected chi connectivity index (χ2v) is 6.48. The van der Waals surface area contributed by atoms with E-state index in [0.717, 1.165) is 12.0 Å². The van der Waals surface area contributed by atoms with Gasteiger partial charge in [-0.1, -0.05) is 24.5 Å². The van der Waals surface area contributed by atoms with Crippen LogP contribution in [0.15, 0.2) is 53.6 Å². The molecule has 2 rings (SSSR count). The molecule has 3 N–H and O–H groups in total. The molecule has 0 aromatic heterocycles. The Morgan fingerprint density at radius 1 is 1.03 bits per heavy atom. The Labute approximate surface area is 176 Å². The number of hydrogen-bond donors (Lipinski definition) is 3. The van der Waals surface area contributed by atoms with Gasteiger partial charge in [-0.05, 0) is 54.8 Å². The Bertz CT molecular complexity index is 901. The molecule has 0 aliphatic heterocycles. The van der Waals surface area contributed by atoms with Crippen molar-refractivity contribution in [3.63, 3.8) is 0 Å². The summed E-state index contributed by atoms with van der Waals surface area (Å²) in [4.78, 5) is 23.7. The number of amides is 2. The number of unbranched alkanes of at least 4 members (excludes halogenated alkanes) is 2. The summed E-state index contributed by atoms with van der Waals surface area (Å²) in [6.07, 6.45) is 9.40. The summed E-state index contributed by atoms with van der Waals surface area (Å²) >= 11 is 0. The highest BCUT2D eigenvalue weighted by Gasteiger charge is 2.06. The zero-order chi connectivity index (χ0) is 21.6. The molecule has 0 aliphatic rings. The molecule has 7 heteroatoms. The number of phenols is 1. The SMILES string of the molecule is C#CCOc1ccc(/C=N/NC(=O)CCCCCC(=O)Nc2ccccc2O)cc1. The highest BCUT2D eigenvalue weighted by Crippen LogP contribution is 2.21. The fourth-order valence-corrected chi connectivity index (χ4v) is 2.55. The molecule has 0 unspecified atom stereocenters. The Balaban J connectivity index is 1.57. The second kappa shape index (κ2) is 12.6. The molecular weight excluding hydrogens is 382 g/mol. The zero-order valence-corrected chi connectivity index (χ0v) is 16.6. The van der Waals surface area contributed by atoms with Gasteiger partial charge in [0, 0.05) is 12.8 Å². The third-order valence-electron chi connectivity index (χ3n) is 4.09. The summed E-state index contributed by atoms with van der Waals surface area (Å²) < 4.78 is 5.28. The Kier molecular flexibility index (Phi) is 9.47. The first kappa shape index (κ1) is 22.5. The molecule has 0 bridgehead atoms. The number of hydrogen-bond acceptors (Lipinski definition) is 5. The van der Waals surface area contributed by atoms with E-state index in [4.69, 9.17) is 11.2 Å². The van der Waals surface area contributed by atoms with Crippen molar-refractivity contribution in [3.8, 4) is 23.8 Å². The molecular formula is C23H25N3O4. The number of rotatable bonds is 11. The normalized spacial score (nSPS) is 10.4. The standard InChI is InChI=1S/C23H25N3O4/c1-2-16-30-19-14-12-18(13-15-19)17-24-26-23(29)11-5-3-4-10-22(28)25-20-8-6-7-9-21(20)27/h1,6-9,12-15,17,27H,3-5,10-11,16H2,(H,25,28)(H,26,29)/b24-17+. The molecule has 0 fully saturated rings. The summed E-state index contributed by atoms with van der Waals surface area (Å²) in [6, 6.07) is 13.7. The summed E-state index contributed by atoms with van der Waals surface area (Å²) in [5.41, 5.74) is 3.70. The number of carbonyl (C=O) groups excluding carboxylic acids is 2. The molecule has 0 saturated heterocycles. The van der Waals surface area contributed by atoms with Crippen LogP contribution in [0.3, 0.4) is 0 Å². The number of hydrazone groups is 1. The maximum absolute atomic E-state index is 11.9. The molecule has 30 heavy (non-hydrogen) atoms. The fourth-order valence-electron chi connectivity index (χ4n) is 2.55. The van der Waals surface area contributed by atoms with Gasteiger partial charge in [0.1, 0.15) is 18.1 Å². The number of nitrogens with one attached hydrogen (secondary N) is 2. The number of nitrogens with zero attached hydrogens (tertiary/aromatic N) is 1. The number of terminal acetylenes is 1. The molecule has 0 heterocycles. The summed E-state index contributed by atoms with van der Waals surface area (Å²) in [6.45, 7) is 0.213. The third-order valence-corrected chi connectivity index (χ3v) is 4.09. The van der Waals surface area contributed by atoms with E-state index in [1.165, 1.54) is 6.07 Å². The third kappa shape index (κ3) is 8.48. The first-order valence-corrected chi connectivity index (χ1v) is 9.64. The van der Waals surface area contributed by atoms with E-state index in [2.05, 4.69) is 21.8 Å². The van der Waals surface area contributed by atoms with Crippen molar-refractivity contribution in [2.75, 3.05) is 11.9 Å². The van der Waals surface area contributed by atoms with Crippen molar-refractivity contribution in [1.29, 1.82) is 0 Å². The van der Waals surface area contributed by atoms with Crippen LogP contribution < -0.4 is 15.5 Å². The monoisotopic (exact) mass is 407 g/mol. The first-order chi connectivity index (χ1) is 14.6. The molecule has 2 aromatic carbocycles. The quantitative estimate of drug-likeness (QED) is 0.175. The van der Waals surface area contributed by atoms with Crippen LogP contribution in [0.4, 0.5) is 5.69 Å². The molecule has 0 spiro atoms. The number of ether oxygens (including phenoxy) is 1. The van der Waals surface area contributed by atoms with Gasteiger partial charge in [-0.2, -0.15) is 5.10 Å². The van der Waals surface area contributed by atoms with Gasteiger partial charge in [-0.3, -0.25) is 9.59 Å². The fraction of sp³-hybridized carbons (Fsp3) is 0.261. The van der Waals surface area contributed by atoms with E-state index in [-0.39, 0.29) is 24.2 Å². The largest absolute Gasteiger partial charge is 0.506 e. The molecule has 0 aliphatic carbocycles. The predicted molar refractivity (Wildman–Crippen MR) is 116 cm³/mol. The molecule has 0 saturated carbocycles. The minimum absolute atomic E-state index is 0.0382. The van der Waals surface area contributed by atoms with Gasteiger partial charge >= 0.3 is 0 Å². The van der Waals surface area contributed by atoms with E-state index < -0.39 is 0 Å². The van der Waals surface area contributed by atoms with E-state index in [1.807, 2.05) is 12.1 Å². The Hall–Kier alpha value is -3.79. The van der Waals surface area contributed by atoms with Gasteiger partial charge in [-0.15, -0.1) is 6.42 Å². The number of phenolic OH excluding ortho intramolecular Hbond substituents is 1. The van der Waals surface area contributed by atoms with Crippen molar-refractivity contribution in [2.24, 2.45) is 5.10 Å². The number of carbonyl (C=O) groups is 2. The van der Waals surface area contributed by atoms with Crippen LogP contribution in [0.1, 0.15) is 37.7 Å². The topological polar surface area (TPSA) is 100 Å². The van der Waals surface area contributed by atoms with Gasteiger partial charge < -0.3 is 15.2 Å². The van der Waals surface area contributed by atoms with Gasteiger partial charge in [0.05, 0.1) is 11.9 Å². The lowest BCUT2D eigenvalue weighted by Gasteiger charge is -2.06. The van der Waals surface area contributed by atoms with Crippen molar-refractivity contribution >= 4 is 23.7 Å². The Morgan fingerprint density at radius 3 is 2.43 bits per heavy atom. The molecule has 0 atom stereocenters. The highest BCUT2D eigenvalue weighted by molar-refractivity contribution is 5.92. The van der Waals surface area contributed by atoms with E-state index in [1.54, 1.807) is 36.5 Å². The van der Waals surface area contributed by atoms with Gasteiger partial charge in [0.15, 0.2) is 0 Å². The van der Waals surface area contributed by atoms with Crippen LogP contribution in [0.2, 0.25) is 0 Å². The van der Waals surface area contributed by atoms with E-state index in [0.29, 0.717) is 37.1 Å². The molecule has 156 valence electrons. The minimum atomic E-state index is -0.182. The maximum Gasteiger partial charge on any atom is 0.240 e. The van der Waals surface area contributed by atoms with Crippen LogP contribution in [-0.4, -0.2) is 29.7 Å². The molecule has 2 aromatic rings. The second-order valence-electron chi connectivity index (χ2n) is 6.48. The van der Waals surface area contributed by atoms with E-state index in [9.17, 15) is 14.7 Å². The lowest BCUT2D eigenvalue weighted by atomic mass is 10.1. The van der Waals surface area contributed by atoms with Crippen LogP contribution in [0.5, 0.6) is 11.5 Å². The Morgan fingerprint density at radius 2 is 1.73 bits per heavy atom. The van der Waals surface area contributed by atoms with Crippen LogP contribution in [0, 0.1) is 12.3 Å². The maximum atomic E-state index is 11.9. The number of para-hydroxylation sites is 2.